The molecule has 2 aromatic heterocycles. The van der Waals surface area contributed by atoms with Crippen LogP contribution in [0.5, 0.6) is 0 Å². The molecule has 4 rings (SSSR count). The average Bonchev–Trinajstić information content (AvgIpc) is 3.50. The number of carbonyl (C=O) groups excluding carboxylic acids is 2. The summed E-state index contributed by atoms with van der Waals surface area (Å²) in [6.07, 6.45) is 3.84. The van der Waals surface area contributed by atoms with Crippen LogP contribution >= 0.6 is 0 Å². The average molecular weight is 481 g/mol. The first-order chi connectivity index (χ1) is 17.0. The Hall–Kier alpha value is -3.43. The number of nitrogens with one attached hydrogen (secondary N) is 2. The van der Waals surface area contributed by atoms with Crippen molar-refractivity contribution >= 4 is 34.3 Å². The van der Waals surface area contributed by atoms with Crippen LogP contribution in [-0.2, 0) is 27.2 Å². The lowest BCUT2D eigenvalue weighted by Gasteiger charge is -2.14. The Morgan fingerprint density at radius 3 is 2.80 bits per heavy atom. The van der Waals surface area contributed by atoms with Crippen molar-refractivity contribution in [3.05, 3.63) is 53.9 Å². The minimum Gasteiger partial charge on any atom is -0.464 e. The lowest BCUT2D eigenvalue weighted by Crippen LogP contribution is -2.28. The molecule has 186 valence electrons. The third kappa shape index (κ3) is 5.63. The summed E-state index contributed by atoms with van der Waals surface area (Å²) in [6, 6.07) is 11.9. The minimum absolute atomic E-state index is 0.0180. The molecule has 2 unspecified atom stereocenters. The maximum atomic E-state index is 13.0. The third-order valence-electron chi connectivity index (χ3n) is 6.19. The maximum Gasteiger partial charge on any atom is 0.356 e. The number of pyridine rings is 1. The zero-order valence-electron chi connectivity index (χ0n) is 20.1. The van der Waals surface area contributed by atoms with Crippen molar-refractivity contribution in [2.75, 3.05) is 31.0 Å². The highest BCUT2D eigenvalue weighted by molar-refractivity contribution is 6.12. The van der Waals surface area contributed by atoms with Crippen LogP contribution in [0.4, 0.5) is 11.4 Å². The highest BCUT2D eigenvalue weighted by atomic mass is 16.5. The second kappa shape index (κ2) is 11.3. The summed E-state index contributed by atoms with van der Waals surface area (Å²) in [7, 11) is 1.32. The van der Waals surface area contributed by atoms with Crippen molar-refractivity contribution in [3.63, 3.8) is 0 Å². The fourth-order valence-corrected chi connectivity index (χ4v) is 4.38. The molecule has 1 fully saturated rings. The maximum absolute atomic E-state index is 13.0. The van der Waals surface area contributed by atoms with Gasteiger partial charge in [-0.15, -0.1) is 0 Å². The van der Waals surface area contributed by atoms with E-state index in [4.69, 9.17) is 9.47 Å². The zero-order chi connectivity index (χ0) is 24.8. The van der Waals surface area contributed by atoms with Gasteiger partial charge in [-0.05, 0) is 44.2 Å². The molecule has 0 radical (unpaired) electrons. The number of amides is 1. The molecule has 1 amide bonds. The highest BCUT2D eigenvalue weighted by Gasteiger charge is 2.30. The van der Waals surface area contributed by atoms with Gasteiger partial charge in [-0.2, -0.15) is 0 Å². The summed E-state index contributed by atoms with van der Waals surface area (Å²) in [4.78, 5) is 30.6. The van der Waals surface area contributed by atoms with E-state index >= 15 is 0 Å². The highest BCUT2D eigenvalue weighted by Crippen LogP contribution is 2.33. The molecule has 0 bridgehead atoms. The standard InChI is InChI=1S/C26H32N4O5/c1-17(11-13-31)28-19-15-20-22(29-25(32)21-9-6-14-35-21)23(26(33)34-2)30(24(20)27-16-19)12-10-18-7-4-3-5-8-18/h3-5,7-8,15-17,21,28,31H,6,9-14H2,1-2H3,(H,29,32). The first kappa shape index (κ1) is 24.7. The van der Waals surface area contributed by atoms with E-state index in [-0.39, 0.29) is 24.2 Å². The number of aromatic nitrogens is 2. The van der Waals surface area contributed by atoms with Gasteiger partial charge in [0.2, 0.25) is 0 Å². The summed E-state index contributed by atoms with van der Waals surface area (Å²) >= 11 is 0. The zero-order valence-corrected chi connectivity index (χ0v) is 20.1. The Balaban J connectivity index is 1.78. The number of nitrogens with zero attached hydrogens (tertiary/aromatic N) is 2. The van der Waals surface area contributed by atoms with Gasteiger partial charge in [0, 0.05) is 31.2 Å². The van der Waals surface area contributed by atoms with E-state index in [9.17, 15) is 14.7 Å². The van der Waals surface area contributed by atoms with E-state index in [1.165, 1.54) is 7.11 Å². The molecule has 1 aliphatic rings. The summed E-state index contributed by atoms with van der Waals surface area (Å²) in [5.74, 6) is -0.844. The molecular formula is C26H32N4O5. The molecule has 3 heterocycles. The Kier molecular flexibility index (Phi) is 7.99. The largest absolute Gasteiger partial charge is 0.464 e. The fraction of sp³-hybridized carbons (Fsp3) is 0.423. The lowest BCUT2D eigenvalue weighted by atomic mass is 10.1. The van der Waals surface area contributed by atoms with Gasteiger partial charge in [-0.25, -0.2) is 9.78 Å². The van der Waals surface area contributed by atoms with E-state index in [0.29, 0.717) is 49.1 Å². The number of hydrogen-bond donors (Lipinski definition) is 3. The molecule has 35 heavy (non-hydrogen) atoms. The second-order valence-electron chi connectivity index (χ2n) is 8.75. The van der Waals surface area contributed by atoms with Crippen molar-refractivity contribution in [1.29, 1.82) is 0 Å². The molecule has 3 N–H and O–H groups in total. The number of benzene rings is 1. The minimum atomic E-state index is -0.554. The van der Waals surface area contributed by atoms with Gasteiger partial charge in [0.15, 0.2) is 5.69 Å². The first-order valence-corrected chi connectivity index (χ1v) is 12.0. The molecule has 0 aliphatic carbocycles. The number of rotatable bonds is 10. The molecule has 1 aromatic carbocycles. The quantitative estimate of drug-likeness (QED) is 0.381. The normalized spacial score (nSPS) is 16.3. The number of esters is 1. The summed E-state index contributed by atoms with van der Waals surface area (Å²) < 4.78 is 12.5. The molecule has 1 aliphatic heterocycles. The van der Waals surface area contributed by atoms with Gasteiger partial charge in [0.1, 0.15) is 11.8 Å². The van der Waals surface area contributed by atoms with Gasteiger partial charge in [-0.3, -0.25) is 4.79 Å². The number of aliphatic hydroxyl groups excluding tert-OH is 1. The molecule has 9 heteroatoms. The first-order valence-electron chi connectivity index (χ1n) is 12.0. The molecule has 2 atom stereocenters. The topological polar surface area (TPSA) is 115 Å². The van der Waals surface area contributed by atoms with Crippen LogP contribution in [0.25, 0.3) is 11.0 Å². The molecule has 3 aromatic rings. The van der Waals surface area contributed by atoms with Crippen LogP contribution in [0.2, 0.25) is 0 Å². The molecule has 0 saturated carbocycles. The van der Waals surface area contributed by atoms with Crippen LogP contribution < -0.4 is 10.6 Å². The Labute approximate surface area is 204 Å². The van der Waals surface area contributed by atoms with E-state index < -0.39 is 12.1 Å². The number of hydrogen-bond acceptors (Lipinski definition) is 7. The van der Waals surface area contributed by atoms with Crippen molar-refractivity contribution < 1.29 is 24.2 Å². The van der Waals surface area contributed by atoms with Crippen LogP contribution in [0.1, 0.15) is 42.2 Å². The van der Waals surface area contributed by atoms with Gasteiger partial charge >= 0.3 is 5.97 Å². The van der Waals surface area contributed by atoms with Gasteiger partial charge in [-0.1, -0.05) is 30.3 Å². The molecule has 1 saturated heterocycles. The van der Waals surface area contributed by atoms with Crippen molar-refractivity contribution in [1.82, 2.24) is 9.55 Å². The van der Waals surface area contributed by atoms with Gasteiger partial charge in [0.05, 0.1) is 24.7 Å². The number of methoxy groups -OCH3 is 1. The van der Waals surface area contributed by atoms with Gasteiger partial charge in [0.25, 0.3) is 5.91 Å². The van der Waals surface area contributed by atoms with E-state index in [0.717, 1.165) is 17.7 Å². The Bertz CT molecular complexity index is 1170. The fourth-order valence-electron chi connectivity index (χ4n) is 4.38. The van der Waals surface area contributed by atoms with Crippen molar-refractivity contribution in [3.8, 4) is 0 Å². The smallest absolute Gasteiger partial charge is 0.356 e. The van der Waals surface area contributed by atoms with Crippen LogP contribution in [0, 0.1) is 0 Å². The number of ether oxygens (including phenoxy) is 2. The Morgan fingerprint density at radius 1 is 1.31 bits per heavy atom. The predicted molar refractivity (Wildman–Crippen MR) is 134 cm³/mol. The summed E-state index contributed by atoms with van der Waals surface area (Å²) in [5, 5.41) is 16.1. The molecular weight excluding hydrogens is 448 g/mol. The van der Waals surface area contributed by atoms with Crippen LogP contribution in [0.15, 0.2) is 42.6 Å². The monoisotopic (exact) mass is 480 g/mol. The summed E-state index contributed by atoms with van der Waals surface area (Å²) in [5.41, 5.74) is 3.03. The number of aliphatic hydroxyl groups is 1. The second-order valence-corrected chi connectivity index (χ2v) is 8.75. The molecule has 0 spiro atoms. The van der Waals surface area contributed by atoms with Crippen molar-refractivity contribution in [2.45, 2.75) is 51.3 Å². The SMILES string of the molecule is COC(=O)c1c(NC(=O)C2CCCO2)c2cc(NC(C)CCO)cnc2n1CCc1ccccc1. The van der Waals surface area contributed by atoms with Gasteiger partial charge < -0.3 is 29.8 Å². The van der Waals surface area contributed by atoms with E-state index in [1.807, 2.05) is 43.3 Å². The van der Waals surface area contributed by atoms with E-state index in [1.54, 1.807) is 10.8 Å². The van der Waals surface area contributed by atoms with Crippen molar-refractivity contribution in [2.24, 2.45) is 0 Å². The van der Waals surface area contributed by atoms with Crippen LogP contribution in [0.3, 0.4) is 0 Å². The number of aryl methyl sites for hydroxylation is 2. The predicted octanol–water partition coefficient (Wildman–Crippen LogP) is 3.37. The number of anilines is 2. The number of fused-ring (bicyclic) bond motifs is 1. The third-order valence-corrected chi connectivity index (χ3v) is 6.19. The molecule has 9 nitrogen and oxygen atoms in total. The van der Waals surface area contributed by atoms with E-state index in [2.05, 4.69) is 15.6 Å². The lowest BCUT2D eigenvalue weighted by molar-refractivity contribution is -0.124. The Morgan fingerprint density at radius 2 is 2.11 bits per heavy atom. The van der Waals surface area contributed by atoms with Crippen LogP contribution in [-0.4, -0.2) is 59.0 Å². The summed E-state index contributed by atoms with van der Waals surface area (Å²) in [6.45, 7) is 3.04. The number of carbonyl (C=O) groups is 2.